The van der Waals surface area contributed by atoms with Crippen LogP contribution >= 0.6 is 0 Å². The first-order valence-corrected chi connectivity index (χ1v) is 12.9. The van der Waals surface area contributed by atoms with Crippen LogP contribution in [0.3, 0.4) is 0 Å². The molecule has 1 saturated heterocycles. The second kappa shape index (κ2) is 11.2. The van der Waals surface area contributed by atoms with Gasteiger partial charge < -0.3 is 19.8 Å². The zero-order chi connectivity index (χ0) is 25.8. The van der Waals surface area contributed by atoms with Crippen molar-refractivity contribution in [2.75, 3.05) is 40.4 Å². The number of aromatic amines is 1. The van der Waals surface area contributed by atoms with Gasteiger partial charge in [-0.15, -0.1) is 0 Å². The van der Waals surface area contributed by atoms with E-state index in [1.807, 2.05) is 12.1 Å². The molecule has 1 aromatic heterocycles. The number of aryl methyl sites for hydroxylation is 2. The van der Waals surface area contributed by atoms with Crippen molar-refractivity contribution < 1.29 is 9.47 Å². The lowest BCUT2D eigenvalue weighted by Gasteiger charge is -2.39. The molecule has 1 aliphatic rings. The summed E-state index contributed by atoms with van der Waals surface area (Å²) in [5, 5.41) is 3.52. The van der Waals surface area contributed by atoms with E-state index in [1.165, 1.54) is 16.7 Å². The van der Waals surface area contributed by atoms with E-state index in [2.05, 4.69) is 89.7 Å². The van der Waals surface area contributed by atoms with Crippen LogP contribution in [0.1, 0.15) is 40.0 Å². The number of aromatic nitrogens is 2. The van der Waals surface area contributed by atoms with Gasteiger partial charge in [-0.05, 0) is 49.2 Å². The van der Waals surface area contributed by atoms with Crippen LogP contribution in [0.25, 0.3) is 11.4 Å². The smallest absolute Gasteiger partial charge is 0.137 e. The zero-order valence-electron chi connectivity index (χ0n) is 22.1. The molecule has 1 unspecified atom stereocenters. The van der Waals surface area contributed by atoms with E-state index < -0.39 is 0 Å². The summed E-state index contributed by atoms with van der Waals surface area (Å²) in [6.07, 6.45) is 0. The SMILES string of the molecule is COc1cccc(C(c2cccc(OC)c2)C(c2nc(-c3ccc(C)cc3)[nH]c2C)N2CCNCC2)c1. The van der Waals surface area contributed by atoms with E-state index in [0.29, 0.717) is 0 Å². The highest BCUT2D eigenvalue weighted by Gasteiger charge is 2.35. The molecule has 6 nitrogen and oxygen atoms in total. The Labute approximate surface area is 219 Å². The van der Waals surface area contributed by atoms with E-state index in [-0.39, 0.29) is 12.0 Å². The Balaban J connectivity index is 1.69. The van der Waals surface area contributed by atoms with Crippen molar-refractivity contribution in [3.63, 3.8) is 0 Å². The number of hydrogen-bond acceptors (Lipinski definition) is 5. The summed E-state index contributed by atoms with van der Waals surface area (Å²) in [6.45, 7) is 8.04. The third-order valence-electron chi connectivity index (χ3n) is 7.29. The van der Waals surface area contributed by atoms with Gasteiger partial charge in [0, 0.05) is 43.4 Å². The quantitative estimate of drug-likeness (QED) is 0.338. The van der Waals surface area contributed by atoms with Gasteiger partial charge in [-0.2, -0.15) is 0 Å². The number of methoxy groups -OCH3 is 2. The molecule has 4 aromatic rings. The van der Waals surface area contributed by atoms with E-state index in [4.69, 9.17) is 14.5 Å². The van der Waals surface area contributed by atoms with Gasteiger partial charge in [0.05, 0.1) is 26.0 Å². The fourth-order valence-corrected chi connectivity index (χ4v) is 5.34. The summed E-state index contributed by atoms with van der Waals surface area (Å²) < 4.78 is 11.3. The average Bonchev–Trinajstić information content (AvgIpc) is 3.33. The van der Waals surface area contributed by atoms with Crippen molar-refractivity contribution in [2.45, 2.75) is 25.8 Å². The second-order valence-electron chi connectivity index (χ2n) is 9.72. The summed E-state index contributed by atoms with van der Waals surface area (Å²) in [7, 11) is 3.44. The Morgan fingerprint density at radius 2 is 1.41 bits per heavy atom. The maximum Gasteiger partial charge on any atom is 0.137 e. The van der Waals surface area contributed by atoms with Crippen LogP contribution in [0.5, 0.6) is 11.5 Å². The summed E-state index contributed by atoms with van der Waals surface area (Å²) in [5.74, 6) is 2.63. The molecule has 5 rings (SSSR count). The summed E-state index contributed by atoms with van der Waals surface area (Å²) >= 11 is 0. The molecule has 0 bridgehead atoms. The molecule has 37 heavy (non-hydrogen) atoms. The fraction of sp³-hybridized carbons (Fsp3) is 0.323. The minimum atomic E-state index is 0.0242. The average molecular weight is 497 g/mol. The molecular formula is C31H36N4O2. The third-order valence-corrected chi connectivity index (χ3v) is 7.29. The highest BCUT2D eigenvalue weighted by molar-refractivity contribution is 5.57. The zero-order valence-corrected chi connectivity index (χ0v) is 22.1. The van der Waals surface area contributed by atoms with Gasteiger partial charge in [0.25, 0.3) is 0 Å². The number of nitrogens with zero attached hydrogens (tertiary/aromatic N) is 2. The maximum absolute atomic E-state index is 5.64. The van der Waals surface area contributed by atoms with Crippen molar-refractivity contribution in [2.24, 2.45) is 0 Å². The molecule has 6 heteroatoms. The predicted octanol–water partition coefficient (Wildman–Crippen LogP) is 5.49. The summed E-state index contributed by atoms with van der Waals surface area (Å²) in [5.41, 5.74) is 6.88. The highest BCUT2D eigenvalue weighted by Crippen LogP contribution is 2.43. The first-order chi connectivity index (χ1) is 18.1. The molecule has 0 spiro atoms. The van der Waals surface area contributed by atoms with Gasteiger partial charge in [-0.25, -0.2) is 4.98 Å². The number of hydrogen-bond donors (Lipinski definition) is 2. The first-order valence-electron chi connectivity index (χ1n) is 12.9. The van der Waals surface area contributed by atoms with Crippen molar-refractivity contribution in [3.05, 3.63) is 101 Å². The third kappa shape index (κ3) is 5.41. The number of rotatable bonds is 8. The van der Waals surface area contributed by atoms with Crippen LogP contribution in [0.15, 0.2) is 72.8 Å². The largest absolute Gasteiger partial charge is 0.497 e. The standard InChI is InChI=1S/C31H36N4O2/c1-21-11-13-23(14-12-21)31-33-22(2)29(34-31)30(35-17-15-32-16-18-35)28(24-7-5-9-26(19-24)36-3)25-8-6-10-27(20-25)37-4/h5-14,19-20,28,30,32H,15-18H2,1-4H3,(H,33,34). The summed E-state index contributed by atoms with van der Waals surface area (Å²) in [4.78, 5) is 11.4. The molecule has 0 radical (unpaired) electrons. The van der Waals surface area contributed by atoms with Crippen molar-refractivity contribution in [1.82, 2.24) is 20.2 Å². The molecule has 0 saturated carbocycles. The molecule has 1 aliphatic heterocycles. The number of benzene rings is 3. The maximum atomic E-state index is 5.64. The van der Waals surface area contributed by atoms with Crippen LogP contribution in [0.4, 0.5) is 0 Å². The molecule has 3 aromatic carbocycles. The van der Waals surface area contributed by atoms with E-state index in [1.54, 1.807) is 14.2 Å². The monoisotopic (exact) mass is 496 g/mol. The lowest BCUT2D eigenvalue weighted by molar-refractivity contribution is 0.156. The molecule has 0 amide bonds. The van der Waals surface area contributed by atoms with Gasteiger partial charge in [-0.3, -0.25) is 4.90 Å². The Hall–Kier alpha value is -3.61. The Morgan fingerprint density at radius 1 is 0.811 bits per heavy atom. The number of H-pyrrole nitrogens is 1. The minimum Gasteiger partial charge on any atom is -0.497 e. The molecule has 2 heterocycles. The first kappa shape index (κ1) is 25.1. The van der Waals surface area contributed by atoms with Crippen molar-refractivity contribution in [3.8, 4) is 22.9 Å². The normalized spacial score (nSPS) is 15.1. The van der Waals surface area contributed by atoms with Gasteiger partial charge in [-0.1, -0.05) is 54.1 Å². The van der Waals surface area contributed by atoms with E-state index in [9.17, 15) is 0 Å². The number of nitrogens with one attached hydrogen (secondary N) is 2. The van der Waals surface area contributed by atoms with Crippen molar-refractivity contribution in [1.29, 1.82) is 0 Å². The fourth-order valence-electron chi connectivity index (χ4n) is 5.34. The molecule has 1 atom stereocenters. The number of imidazole rings is 1. The Kier molecular flexibility index (Phi) is 7.58. The Morgan fingerprint density at radius 3 is 1.97 bits per heavy atom. The topological polar surface area (TPSA) is 62.4 Å². The van der Waals surface area contributed by atoms with Crippen LogP contribution in [-0.4, -0.2) is 55.3 Å². The summed E-state index contributed by atoms with van der Waals surface area (Å²) in [6, 6.07) is 25.4. The molecule has 1 fully saturated rings. The lowest BCUT2D eigenvalue weighted by Crippen LogP contribution is -2.47. The van der Waals surface area contributed by atoms with Crippen LogP contribution < -0.4 is 14.8 Å². The molecule has 192 valence electrons. The Bertz CT molecular complexity index is 1280. The predicted molar refractivity (Wildman–Crippen MR) is 149 cm³/mol. The molecular weight excluding hydrogens is 460 g/mol. The van der Waals surface area contributed by atoms with Gasteiger partial charge in [0.1, 0.15) is 17.3 Å². The number of piperazine rings is 1. The minimum absolute atomic E-state index is 0.0242. The molecule has 2 N–H and O–H groups in total. The van der Waals surface area contributed by atoms with Crippen LogP contribution in [0, 0.1) is 13.8 Å². The second-order valence-corrected chi connectivity index (χ2v) is 9.72. The van der Waals surface area contributed by atoms with Crippen molar-refractivity contribution >= 4 is 0 Å². The lowest BCUT2D eigenvalue weighted by atomic mass is 9.81. The van der Waals surface area contributed by atoms with Gasteiger partial charge in [0.2, 0.25) is 0 Å². The molecule has 0 aliphatic carbocycles. The van der Waals surface area contributed by atoms with Gasteiger partial charge in [0.15, 0.2) is 0 Å². The highest BCUT2D eigenvalue weighted by atomic mass is 16.5. The van der Waals surface area contributed by atoms with Gasteiger partial charge >= 0.3 is 0 Å². The van der Waals surface area contributed by atoms with Crippen LogP contribution in [-0.2, 0) is 0 Å². The van der Waals surface area contributed by atoms with E-state index in [0.717, 1.165) is 60.5 Å². The number of ether oxygens (including phenoxy) is 2. The van der Waals surface area contributed by atoms with Crippen LogP contribution in [0.2, 0.25) is 0 Å². The van der Waals surface area contributed by atoms with E-state index >= 15 is 0 Å².